The topological polar surface area (TPSA) is 237 Å². The Morgan fingerprint density at radius 2 is 0.505 bits per heavy atom. The molecule has 0 aromatic carbocycles. The van der Waals surface area contributed by atoms with E-state index in [1.165, 1.54) is 180 Å². The van der Waals surface area contributed by atoms with Gasteiger partial charge < -0.3 is 33.8 Å². The first-order chi connectivity index (χ1) is 45.6. The van der Waals surface area contributed by atoms with Crippen LogP contribution in [-0.2, 0) is 65.4 Å². The first kappa shape index (κ1) is 93.1. The molecule has 0 aliphatic rings. The van der Waals surface area contributed by atoms with Crippen molar-refractivity contribution in [2.24, 2.45) is 23.7 Å². The van der Waals surface area contributed by atoms with E-state index >= 15 is 0 Å². The molecule has 19 heteroatoms. The second-order valence-corrected chi connectivity index (χ2v) is 32.0. The Labute approximate surface area is 581 Å². The molecule has 0 aromatic heterocycles. The van der Waals surface area contributed by atoms with Gasteiger partial charge in [0.05, 0.1) is 26.4 Å². The van der Waals surface area contributed by atoms with Crippen molar-refractivity contribution in [3.05, 3.63) is 0 Å². The molecule has 0 radical (unpaired) electrons. The van der Waals surface area contributed by atoms with E-state index in [0.717, 1.165) is 108 Å². The summed E-state index contributed by atoms with van der Waals surface area (Å²) in [5.74, 6) is 0.889. The van der Waals surface area contributed by atoms with Crippen LogP contribution in [0.3, 0.4) is 0 Å². The monoisotopic (exact) mass is 1400 g/mol. The lowest BCUT2D eigenvalue weighted by molar-refractivity contribution is -0.161. The number of hydrogen-bond donors (Lipinski definition) is 3. The number of ether oxygens (including phenoxy) is 4. The predicted molar refractivity (Wildman–Crippen MR) is 386 cm³/mol. The number of phosphoric acid groups is 2. The molecular weight excluding hydrogens is 1250 g/mol. The number of unbranched alkanes of at least 4 members (excludes halogenated alkanes) is 38. The van der Waals surface area contributed by atoms with Crippen molar-refractivity contribution >= 4 is 39.5 Å². The third-order valence-electron chi connectivity index (χ3n) is 17.9. The molecule has 564 valence electrons. The Bertz CT molecular complexity index is 1870. The third kappa shape index (κ3) is 69.0. The molecule has 6 atom stereocenters. The number of carbonyl (C=O) groups excluding carboxylic acids is 4. The lowest BCUT2D eigenvalue weighted by atomic mass is 9.99. The van der Waals surface area contributed by atoms with Crippen molar-refractivity contribution < 1.29 is 80.2 Å². The second-order valence-electron chi connectivity index (χ2n) is 29.1. The van der Waals surface area contributed by atoms with E-state index in [-0.39, 0.29) is 25.7 Å². The fraction of sp³-hybridized carbons (Fsp3) is 0.947. The average molecular weight is 1400 g/mol. The highest BCUT2D eigenvalue weighted by Gasteiger charge is 2.30. The number of aliphatic hydroxyl groups is 1. The van der Waals surface area contributed by atoms with Gasteiger partial charge in [-0.3, -0.25) is 37.3 Å². The molecule has 0 bridgehead atoms. The molecule has 0 fully saturated rings. The van der Waals surface area contributed by atoms with Gasteiger partial charge in [-0.1, -0.05) is 331 Å². The van der Waals surface area contributed by atoms with E-state index in [1.54, 1.807) is 0 Å². The van der Waals surface area contributed by atoms with Crippen molar-refractivity contribution in [1.29, 1.82) is 0 Å². The second kappa shape index (κ2) is 65.4. The van der Waals surface area contributed by atoms with Crippen LogP contribution < -0.4 is 0 Å². The predicted octanol–water partition coefficient (Wildman–Crippen LogP) is 22.0. The van der Waals surface area contributed by atoms with Gasteiger partial charge in [0, 0.05) is 25.7 Å². The van der Waals surface area contributed by atoms with Crippen LogP contribution in [-0.4, -0.2) is 96.7 Å². The molecule has 3 N–H and O–H groups in total. The third-order valence-corrected chi connectivity index (χ3v) is 19.8. The summed E-state index contributed by atoms with van der Waals surface area (Å²) in [5.41, 5.74) is 0. The van der Waals surface area contributed by atoms with Crippen LogP contribution in [0, 0.1) is 23.7 Å². The van der Waals surface area contributed by atoms with Crippen LogP contribution in [0.1, 0.15) is 383 Å². The minimum atomic E-state index is -4.96. The lowest BCUT2D eigenvalue weighted by Gasteiger charge is -2.21. The largest absolute Gasteiger partial charge is 0.472 e. The summed E-state index contributed by atoms with van der Waals surface area (Å²) in [6.45, 7) is 14.1. The SMILES string of the molecule is CCC(C)CCCCCCCCCCCCCCCCCCCCC(=O)O[C@H](COC(=O)CCCCCCCCCC(C)C)COP(=O)(O)OCC(O)COP(=O)(O)OC[C@@H](COC(=O)CCCCCCCCCCCCCC(C)C)OC(=O)CCCCCCCCC(C)C. The Balaban J connectivity index is 5.14. The molecule has 0 heterocycles. The van der Waals surface area contributed by atoms with Gasteiger partial charge in [0.15, 0.2) is 12.2 Å². The van der Waals surface area contributed by atoms with E-state index in [9.17, 15) is 43.2 Å². The van der Waals surface area contributed by atoms with E-state index in [2.05, 4.69) is 55.4 Å². The standard InChI is InChI=1S/C76H148O17P2/c1-9-69(8)55-47-39-30-24-20-16-14-12-10-11-13-15-17-21-26-32-42-50-58-75(80)92-71(62-87-74(79)57-49-41-33-27-29-37-45-53-67(4)5)64-90-94(82,83)88-60-70(77)61-89-95(84,85)91-65-72(93-76(81)59-51-43-35-34-38-46-54-68(6)7)63-86-73(78)56-48-40-31-25-22-18-19-23-28-36-44-52-66(2)3/h66-72,77H,9-65H2,1-8H3,(H,82,83)(H,84,85)/t69?,70?,71-,72-/m1/s1. The molecule has 0 spiro atoms. The van der Waals surface area contributed by atoms with Gasteiger partial charge in [-0.2, -0.15) is 0 Å². The Hall–Kier alpha value is -1.94. The number of rotatable bonds is 73. The number of aliphatic hydroxyl groups excluding tert-OH is 1. The molecule has 0 amide bonds. The van der Waals surface area contributed by atoms with Gasteiger partial charge in [-0.05, 0) is 49.4 Å². The van der Waals surface area contributed by atoms with Gasteiger partial charge in [0.1, 0.15) is 19.3 Å². The van der Waals surface area contributed by atoms with Gasteiger partial charge in [-0.25, -0.2) is 9.13 Å². The fourth-order valence-electron chi connectivity index (χ4n) is 11.5. The van der Waals surface area contributed by atoms with E-state index < -0.39 is 97.5 Å². The maximum Gasteiger partial charge on any atom is 0.472 e. The Kier molecular flexibility index (Phi) is 64.0. The van der Waals surface area contributed by atoms with Crippen molar-refractivity contribution in [3.63, 3.8) is 0 Å². The highest BCUT2D eigenvalue weighted by molar-refractivity contribution is 7.47. The van der Waals surface area contributed by atoms with E-state index in [1.807, 2.05) is 0 Å². The molecule has 0 saturated carbocycles. The van der Waals surface area contributed by atoms with Gasteiger partial charge in [0.2, 0.25) is 0 Å². The van der Waals surface area contributed by atoms with Crippen LogP contribution in [0.15, 0.2) is 0 Å². The zero-order valence-electron chi connectivity index (χ0n) is 62.3. The van der Waals surface area contributed by atoms with E-state index in [0.29, 0.717) is 37.5 Å². The molecule has 0 aliphatic carbocycles. The van der Waals surface area contributed by atoms with Crippen molar-refractivity contribution in [3.8, 4) is 0 Å². The van der Waals surface area contributed by atoms with Gasteiger partial charge >= 0.3 is 39.5 Å². The first-order valence-corrected chi connectivity index (χ1v) is 42.2. The van der Waals surface area contributed by atoms with Crippen LogP contribution in [0.5, 0.6) is 0 Å². The molecule has 0 aliphatic heterocycles. The molecule has 0 saturated heterocycles. The first-order valence-electron chi connectivity index (χ1n) is 39.2. The summed E-state index contributed by atoms with van der Waals surface area (Å²) < 4.78 is 68.4. The number of phosphoric ester groups is 2. The van der Waals surface area contributed by atoms with Crippen LogP contribution in [0.2, 0.25) is 0 Å². The van der Waals surface area contributed by atoms with Crippen LogP contribution in [0.4, 0.5) is 0 Å². The summed E-state index contributed by atoms with van der Waals surface area (Å²) in [6, 6.07) is 0. The van der Waals surface area contributed by atoms with Crippen LogP contribution in [0.25, 0.3) is 0 Å². The summed E-state index contributed by atoms with van der Waals surface area (Å²) in [7, 11) is -9.91. The van der Waals surface area contributed by atoms with Crippen molar-refractivity contribution in [2.45, 2.75) is 401 Å². The molecule has 95 heavy (non-hydrogen) atoms. The fourth-order valence-corrected chi connectivity index (χ4v) is 13.1. The van der Waals surface area contributed by atoms with E-state index in [4.69, 9.17) is 37.0 Å². The highest BCUT2D eigenvalue weighted by Crippen LogP contribution is 2.45. The minimum absolute atomic E-state index is 0.102. The van der Waals surface area contributed by atoms with Crippen LogP contribution >= 0.6 is 15.6 Å². The molecule has 0 aromatic rings. The smallest absolute Gasteiger partial charge is 0.462 e. The zero-order chi connectivity index (χ0) is 70.3. The quantitative estimate of drug-likeness (QED) is 0.0222. The highest BCUT2D eigenvalue weighted by atomic mass is 31.2. The molecule has 0 rings (SSSR count). The molecule has 4 unspecified atom stereocenters. The summed E-state index contributed by atoms with van der Waals surface area (Å²) in [6.07, 6.45) is 50.3. The Morgan fingerprint density at radius 3 is 0.747 bits per heavy atom. The Morgan fingerprint density at radius 1 is 0.295 bits per heavy atom. The summed E-state index contributed by atoms with van der Waals surface area (Å²) >= 11 is 0. The zero-order valence-corrected chi connectivity index (χ0v) is 64.1. The minimum Gasteiger partial charge on any atom is -0.462 e. The van der Waals surface area contributed by atoms with Gasteiger partial charge in [-0.15, -0.1) is 0 Å². The molecule has 17 nitrogen and oxygen atoms in total. The number of hydrogen-bond acceptors (Lipinski definition) is 15. The van der Waals surface area contributed by atoms with Crippen molar-refractivity contribution in [2.75, 3.05) is 39.6 Å². The maximum absolute atomic E-state index is 13.1. The number of carbonyl (C=O) groups is 4. The summed E-state index contributed by atoms with van der Waals surface area (Å²) in [5, 5.41) is 10.6. The summed E-state index contributed by atoms with van der Waals surface area (Å²) in [4.78, 5) is 72.7. The molecular formula is C76H148O17P2. The lowest BCUT2D eigenvalue weighted by Crippen LogP contribution is -2.30. The van der Waals surface area contributed by atoms with Gasteiger partial charge in [0.25, 0.3) is 0 Å². The normalized spacial score (nSPS) is 14.4. The average Bonchev–Trinajstić information content (AvgIpc) is 1.87. The maximum atomic E-state index is 13.1. The van der Waals surface area contributed by atoms with Crippen molar-refractivity contribution in [1.82, 2.24) is 0 Å². The number of esters is 4.